The summed E-state index contributed by atoms with van der Waals surface area (Å²) in [6.07, 6.45) is 0. The van der Waals surface area contributed by atoms with Gasteiger partial charge in [0.05, 0.1) is 5.69 Å². The molecule has 0 amide bonds. The van der Waals surface area contributed by atoms with Gasteiger partial charge in [0.2, 0.25) is 0 Å². The van der Waals surface area contributed by atoms with Crippen molar-refractivity contribution in [3.05, 3.63) is 34.7 Å². The Hall–Kier alpha value is -0.580. The fourth-order valence-corrected chi connectivity index (χ4v) is 2.47. The highest BCUT2D eigenvalue weighted by Gasteiger charge is 2.06. The van der Waals surface area contributed by atoms with E-state index in [2.05, 4.69) is 26.2 Å². The van der Waals surface area contributed by atoms with E-state index < -0.39 is 0 Å². The zero-order valence-electron chi connectivity index (χ0n) is 8.41. The highest BCUT2D eigenvalue weighted by atomic mass is 79.9. The van der Waals surface area contributed by atoms with Crippen LogP contribution in [0, 0.1) is 0 Å². The van der Waals surface area contributed by atoms with Gasteiger partial charge in [-0.15, -0.1) is 11.3 Å². The van der Waals surface area contributed by atoms with E-state index in [0.29, 0.717) is 0 Å². The summed E-state index contributed by atoms with van der Waals surface area (Å²) in [5, 5.41) is 7.81. The van der Waals surface area contributed by atoms with E-state index in [1.807, 2.05) is 29.6 Å². The van der Waals surface area contributed by atoms with E-state index in [9.17, 15) is 0 Å². The number of nitrogens with zero attached hydrogens (tertiary/aromatic N) is 1. The van der Waals surface area contributed by atoms with Crippen molar-refractivity contribution in [1.29, 1.82) is 0 Å². The summed E-state index contributed by atoms with van der Waals surface area (Å²) in [5.41, 5.74) is 1.90. The smallest absolute Gasteiger partial charge is 0.183 e. The molecule has 2 rings (SSSR count). The maximum absolute atomic E-state index is 6.11. The van der Waals surface area contributed by atoms with Crippen LogP contribution in [0.15, 0.2) is 29.6 Å². The van der Waals surface area contributed by atoms with Crippen molar-refractivity contribution in [2.24, 2.45) is 0 Å². The second-order valence-corrected chi connectivity index (χ2v) is 5.19. The molecule has 2 nitrogen and oxygen atoms in total. The Morgan fingerprint density at radius 3 is 2.94 bits per heavy atom. The third kappa shape index (κ3) is 2.75. The van der Waals surface area contributed by atoms with Crippen molar-refractivity contribution in [1.82, 2.24) is 4.98 Å². The van der Waals surface area contributed by atoms with E-state index >= 15 is 0 Å². The van der Waals surface area contributed by atoms with Crippen molar-refractivity contribution < 1.29 is 0 Å². The monoisotopic (exact) mass is 316 g/mol. The van der Waals surface area contributed by atoms with Gasteiger partial charge in [-0.2, -0.15) is 0 Å². The topological polar surface area (TPSA) is 24.9 Å². The van der Waals surface area contributed by atoms with Gasteiger partial charge in [-0.3, -0.25) is 0 Å². The summed E-state index contributed by atoms with van der Waals surface area (Å²) in [4.78, 5) is 4.48. The maximum Gasteiger partial charge on any atom is 0.183 e. The number of nitrogens with one attached hydrogen (secondary N) is 1. The zero-order chi connectivity index (χ0) is 11.4. The van der Waals surface area contributed by atoms with Crippen LogP contribution in [0.5, 0.6) is 0 Å². The second-order valence-electron chi connectivity index (χ2n) is 3.13. The molecule has 1 heterocycles. The Bertz CT molecular complexity index is 473. The highest BCUT2D eigenvalue weighted by Crippen LogP contribution is 2.30. The normalized spacial score (nSPS) is 10.4. The summed E-state index contributed by atoms with van der Waals surface area (Å²) in [7, 11) is 0. The number of halogens is 2. The third-order valence-corrected chi connectivity index (χ3v) is 3.55. The molecule has 0 unspecified atom stereocenters. The number of aromatic nitrogens is 1. The largest absolute Gasteiger partial charge is 0.361 e. The Morgan fingerprint density at radius 2 is 2.19 bits per heavy atom. The van der Waals surface area contributed by atoms with Gasteiger partial charge in [-0.05, 0) is 6.07 Å². The van der Waals surface area contributed by atoms with Gasteiger partial charge < -0.3 is 5.32 Å². The lowest BCUT2D eigenvalue weighted by atomic mass is 10.2. The summed E-state index contributed by atoms with van der Waals surface area (Å²) < 4.78 is 0. The fraction of sp³-hybridized carbons (Fsp3) is 0.182. The average Bonchev–Trinajstić information content (AvgIpc) is 2.75. The number of benzene rings is 1. The predicted octanol–water partition coefficient (Wildman–Crippen LogP) is 4.27. The van der Waals surface area contributed by atoms with Gasteiger partial charge in [-0.25, -0.2) is 4.98 Å². The summed E-state index contributed by atoms with van der Waals surface area (Å²) in [5.74, 6) is 0. The molecule has 0 atom stereocenters. The van der Waals surface area contributed by atoms with Crippen LogP contribution >= 0.6 is 38.9 Å². The molecule has 0 bridgehead atoms. The Balaban J connectivity index is 2.22. The van der Waals surface area contributed by atoms with E-state index in [-0.39, 0.29) is 0 Å². The molecule has 0 aliphatic rings. The fourth-order valence-electron chi connectivity index (χ4n) is 1.30. The third-order valence-electron chi connectivity index (χ3n) is 2.02. The van der Waals surface area contributed by atoms with Crippen molar-refractivity contribution in [3.63, 3.8) is 0 Å². The molecule has 5 heteroatoms. The lowest BCUT2D eigenvalue weighted by Gasteiger charge is -1.99. The molecular weight excluding hydrogens is 308 g/mol. The number of thiazole rings is 1. The van der Waals surface area contributed by atoms with Crippen LogP contribution in [0.4, 0.5) is 5.13 Å². The van der Waals surface area contributed by atoms with E-state index in [4.69, 9.17) is 11.6 Å². The van der Waals surface area contributed by atoms with Gasteiger partial charge in [0.15, 0.2) is 5.13 Å². The first kappa shape index (κ1) is 11.9. The van der Waals surface area contributed by atoms with Gasteiger partial charge in [-0.1, -0.05) is 45.7 Å². The minimum atomic E-state index is 0.736. The second kappa shape index (κ2) is 5.66. The SMILES string of the molecule is Clc1ccccc1-c1csc(NCCBr)n1. The first-order chi connectivity index (χ1) is 7.81. The van der Waals surface area contributed by atoms with Crippen molar-refractivity contribution in [3.8, 4) is 11.3 Å². The van der Waals surface area contributed by atoms with Crippen LogP contribution in [0.25, 0.3) is 11.3 Å². The number of hydrogen-bond donors (Lipinski definition) is 1. The Labute approximate surface area is 112 Å². The zero-order valence-corrected chi connectivity index (χ0v) is 11.6. The highest BCUT2D eigenvalue weighted by molar-refractivity contribution is 9.09. The molecule has 0 aliphatic carbocycles. The molecule has 84 valence electrons. The average molecular weight is 318 g/mol. The van der Waals surface area contributed by atoms with Crippen molar-refractivity contribution in [2.45, 2.75) is 0 Å². The van der Waals surface area contributed by atoms with E-state index in [1.165, 1.54) is 0 Å². The minimum Gasteiger partial charge on any atom is -0.361 e. The minimum absolute atomic E-state index is 0.736. The molecule has 0 fully saturated rings. The van der Waals surface area contributed by atoms with Crippen LogP contribution in [0.2, 0.25) is 5.02 Å². The van der Waals surface area contributed by atoms with Gasteiger partial charge in [0.25, 0.3) is 0 Å². The quantitative estimate of drug-likeness (QED) is 0.852. The lowest BCUT2D eigenvalue weighted by Crippen LogP contribution is -2.01. The van der Waals surface area contributed by atoms with Gasteiger partial charge >= 0.3 is 0 Å². The van der Waals surface area contributed by atoms with E-state index in [0.717, 1.165) is 33.3 Å². The molecule has 2 aromatic rings. The Kier molecular flexibility index (Phi) is 4.21. The summed E-state index contributed by atoms with van der Waals surface area (Å²) >= 11 is 11.1. The molecule has 1 aromatic carbocycles. The number of anilines is 1. The lowest BCUT2D eigenvalue weighted by molar-refractivity contribution is 1.21. The van der Waals surface area contributed by atoms with Crippen molar-refractivity contribution in [2.75, 3.05) is 17.2 Å². The Morgan fingerprint density at radius 1 is 1.38 bits per heavy atom. The first-order valence-electron chi connectivity index (χ1n) is 4.81. The number of rotatable bonds is 4. The molecule has 1 N–H and O–H groups in total. The van der Waals surface area contributed by atoms with Gasteiger partial charge in [0.1, 0.15) is 0 Å². The standard InChI is InChI=1S/C11H10BrClN2S/c12-5-6-14-11-15-10(7-16-11)8-3-1-2-4-9(8)13/h1-4,7H,5-6H2,(H,14,15). The van der Waals surface area contributed by atoms with Crippen LogP contribution in [-0.2, 0) is 0 Å². The molecule has 0 radical (unpaired) electrons. The van der Waals surface area contributed by atoms with Crippen LogP contribution in [0.3, 0.4) is 0 Å². The molecule has 0 aliphatic heterocycles. The predicted molar refractivity (Wildman–Crippen MR) is 74.8 cm³/mol. The van der Waals surface area contributed by atoms with Crippen LogP contribution in [0.1, 0.15) is 0 Å². The van der Waals surface area contributed by atoms with Gasteiger partial charge in [0, 0.05) is 27.8 Å². The summed E-state index contributed by atoms with van der Waals surface area (Å²) in [6, 6.07) is 7.74. The molecule has 16 heavy (non-hydrogen) atoms. The summed E-state index contributed by atoms with van der Waals surface area (Å²) in [6.45, 7) is 0.871. The number of hydrogen-bond acceptors (Lipinski definition) is 3. The van der Waals surface area contributed by atoms with Crippen LogP contribution < -0.4 is 5.32 Å². The molecule has 0 spiro atoms. The maximum atomic E-state index is 6.11. The number of alkyl halides is 1. The van der Waals surface area contributed by atoms with Crippen molar-refractivity contribution >= 4 is 44.0 Å². The van der Waals surface area contributed by atoms with Crippen LogP contribution in [-0.4, -0.2) is 16.9 Å². The molecule has 1 aromatic heterocycles. The molecule has 0 saturated carbocycles. The molecule has 0 saturated heterocycles. The molecular formula is C11H10BrClN2S. The first-order valence-corrected chi connectivity index (χ1v) is 7.19. The van der Waals surface area contributed by atoms with E-state index in [1.54, 1.807) is 11.3 Å².